The number of rotatable bonds is 3. The van der Waals surface area contributed by atoms with Crippen LogP contribution in [0.1, 0.15) is 31.2 Å². The van der Waals surface area contributed by atoms with Crippen LogP contribution in [0.2, 0.25) is 0 Å². The Balaban J connectivity index is 1.66. The number of imide groups is 1. The molecule has 0 radical (unpaired) electrons. The molecule has 0 spiro atoms. The number of hydrogen-bond acceptors (Lipinski definition) is 4. The van der Waals surface area contributed by atoms with Gasteiger partial charge < -0.3 is 4.74 Å². The first-order chi connectivity index (χ1) is 12.7. The van der Waals surface area contributed by atoms with E-state index >= 15 is 0 Å². The van der Waals surface area contributed by atoms with Gasteiger partial charge in [0.25, 0.3) is 0 Å². The van der Waals surface area contributed by atoms with Gasteiger partial charge in [-0.2, -0.15) is 5.26 Å². The largest absolute Gasteiger partial charge is 0.455 e. The van der Waals surface area contributed by atoms with E-state index in [-0.39, 0.29) is 23.7 Å². The van der Waals surface area contributed by atoms with Crippen LogP contribution in [0.3, 0.4) is 0 Å². The Hall–Kier alpha value is -3.13. The first-order valence-electron chi connectivity index (χ1n) is 8.84. The van der Waals surface area contributed by atoms with E-state index in [9.17, 15) is 9.59 Å². The lowest BCUT2D eigenvalue weighted by atomic mass is 9.81. The summed E-state index contributed by atoms with van der Waals surface area (Å²) < 4.78 is 5.92. The Morgan fingerprint density at radius 3 is 2.15 bits per heavy atom. The highest BCUT2D eigenvalue weighted by Gasteiger charge is 2.49. The van der Waals surface area contributed by atoms with Crippen LogP contribution in [-0.4, -0.2) is 11.8 Å². The number of anilines is 1. The molecule has 2 unspecified atom stereocenters. The van der Waals surface area contributed by atoms with E-state index in [1.165, 1.54) is 4.90 Å². The summed E-state index contributed by atoms with van der Waals surface area (Å²) in [4.78, 5) is 27.0. The second-order valence-corrected chi connectivity index (χ2v) is 6.72. The highest BCUT2D eigenvalue weighted by molar-refractivity contribution is 6.22. The molecule has 0 N–H and O–H groups in total. The molecule has 1 saturated heterocycles. The van der Waals surface area contributed by atoms with Crippen LogP contribution in [0.25, 0.3) is 0 Å². The van der Waals surface area contributed by atoms with Gasteiger partial charge in [0.2, 0.25) is 11.8 Å². The molecule has 0 aromatic heterocycles. The predicted molar refractivity (Wildman–Crippen MR) is 95.6 cm³/mol. The summed E-state index contributed by atoms with van der Waals surface area (Å²) in [5.74, 6) is 0.384. The van der Waals surface area contributed by atoms with Crippen molar-refractivity contribution in [1.82, 2.24) is 0 Å². The zero-order valence-electron chi connectivity index (χ0n) is 14.2. The quantitative estimate of drug-likeness (QED) is 0.787. The first kappa shape index (κ1) is 16.3. The number of fused-ring (bicyclic) bond motifs is 1. The molecule has 2 fully saturated rings. The SMILES string of the molecule is N#Cc1ccc(Oc2ccccc2N2C(=O)C3CCCCC3C2=O)cc1. The van der Waals surface area contributed by atoms with Gasteiger partial charge in [-0.05, 0) is 49.2 Å². The zero-order chi connectivity index (χ0) is 18.1. The minimum atomic E-state index is -0.195. The van der Waals surface area contributed by atoms with E-state index < -0.39 is 0 Å². The standard InChI is InChI=1S/C21H18N2O3/c22-13-14-9-11-15(12-10-14)26-19-8-4-3-7-18(19)23-20(24)16-5-1-2-6-17(16)21(23)25/h3-4,7-12,16-17H,1-2,5-6H2. The number of amides is 2. The van der Waals surface area contributed by atoms with Crippen LogP contribution in [0, 0.1) is 23.2 Å². The summed E-state index contributed by atoms with van der Waals surface area (Å²) in [5, 5.41) is 8.89. The van der Waals surface area contributed by atoms with Crippen molar-refractivity contribution in [2.24, 2.45) is 11.8 Å². The number of carbonyl (C=O) groups is 2. The Kier molecular flexibility index (Phi) is 4.18. The summed E-state index contributed by atoms with van der Waals surface area (Å²) in [7, 11) is 0. The van der Waals surface area contributed by atoms with Gasteiger partial charge in [0, 0.05) is 0 Å². The van der Waals surface area contributed by atoms with Crippen molar-refractivity contribution in [3.8, 4) is 17.6 Å². The molecular weight excluding hydrogens is 328 g/mol. The molecule has 2 aromatic rings. The molecule has 1 heterocycles. The predicted octanol–water partition coefficient (Wildman–Crippen LogP) is 4.03. The molecule has 1 saturated carbocycles. The summed E-state index contributed by atoms with van der Waals surface area (Å²) in [6.07, 6.45) is 3.56. The molecule has 5 nitrogen and oxygen atoms in total. The third-order valence-electron chi connectivity index (χ3n) is 5.16. The first-order valence-corrected chi connectivity index (χ1v) is 8.84. The van der Waals surface area contributed by atoms with E-state index in [0.717, 1.165) is 25.7 Å². The maximum atomic E-state index is 12.9. The lowest BCUT2D eigenvalue weighted by molar-refractivity contribution is -0.122. The van der Waals surface area contributed by atoms with Crippen LogP contribution in [0.4, 0.5) is 5.69 Å². The summed E-state index contributed by atoms with van der Waals surface area (Å²) in [5.41, 5.74) is 1.03. The number of ether oxygens (including phenoxy) is 1. The molecular formula is C21H18N2O3. The van der Waals surface area contributed by atoms with Gasteiger partial charge in [-0.15, -0.1) is 0 Å². The molecule has 0 bridgehead atoms. The molecule has 26 heavy (non-hydrogen) atoms. The second-order valence-electron chi connectivity index (χ2n) is 6.72. The fourth-order valence-electron chi connectivity index (χ4n) is 3.85. The van der Waals surface area contributed by atoms with Crippen molar-refractivity contribution < 1.29 is 14.3 Å². The monoisotopic (exact) mass is 346 g/mol. The van der Waals surface area contributed by atoms with Crippen LogP contribution in [0.15, 0.2) is 48.5 Å². The fourth-order valence-corrected chi connectivity index (χ4v) is 3.85. The van der Waals surface area contributed by atoms with Gasteiger partial charge in [-0.3, -0.25) is 9.59 Å². The number of nitriles is 1. The lowest BCUT2D eigenvalue weighted by Gasteiger charge is -2.19. The third-order valence-corrected chi connectivity index (χ3v) is 5.16. The zero-order valence-corrected chi connectivity index (χ0v) is 14.2. The fraction of sp³-hybridized carbons (Fsp3) is 0.286. The van der Waals surface area contributed by atoms with Crippen molar-refractivity contribution in [1.29, 1.82) is 5.26 Å². The molecule has 2 aliphatic rings. The molecule has 2 aromatic carbocycles. The Morgan fingerprint density at radius 1 is 0.923 bits per heavy atom. The molecule has 5 heteroatoms. The van der Waals surface area contributed by atoms with Gasteiger partial charge in [0.1, 0.15) is 5.75 Å². The van der Waals surface area contributed by atoms with Crippen molar-refractivity contribution in [2.75, 3.05) is 4.90 Å². The van der Waals surface area contributed by atoms with Crippen LogP contribution in [-0.2, 0) is 9.59 Å². The number of nitrogens with zero attached hydrogens (tertiary/aromatic N) is 2. The number of carbonyl (C=O) groups excluding carboxylic acids is 2. The summed E-state index contributed by atoms with van der Waals surface area (Å²) >= 11 is 0. The van der Waals surface area contributed by atoms with Gasteiger partial charge in [0.15, 0.2) is 5.75 Å². The minimum absolute atomic E-state index is 0.115. The van der Waals surface area contributed by atoms with Gasteiger partial charge in [-0.25, -0.2) is 4.90 Å². The van der Waals surface area contributed by atoms with Gasteiger partial charge in [-0.1, -0.05) is 25.0 Å². The van der Waals surface area contributed by atoms with Gasteiger partial charge in [0.05, 0.1) is 29.2 Å². The van der Waals surface area contributed by atoms with Crippen molar-refractivity contribution in [3.63, 3.8) is 0 Å². The van der Waals surface area contributed by atoms with Crippen molar-refractivity contribution in [3.05, 3.63) is 54.1 Å². The van der Waals surface area contributed by atoms with E-state index in [1.807, 2.05) is 0 Å². The average Bonchev–Trinajstić information content (AvgIpc) is 2.94. The maximum absolute atomic E-state index is 12.9. The molecule has 130 valence electrons. The normalized spacial score (nSPS) is 22.0. The van der Waals surface area contributed by atoms with E-state index in [2.05, 4.69) is 6.07 Å². The Labute approximate surface area is 151 Å². The number of hydrogen-bond donors (Lipinski definition) is 0. The van der Waals surface area contributed by atoms with Gasteiger partial charge >= 0.3 is 0 Å². The maximum Gasteiger partial charge on any atom is 0.237 e. The van der Waals surface area contributed by atoms with Crippen LogP contribution < -0.4 is 9.64 Å². The highest BCUT2D eigenvalue weighted by atomic mass is 16.5. The summed E-state index contributed by atoms with van der Waals surface area (Å²) in [6, 6.07) is 15.9. The Bertz CT molecular complexity index is 874. The highest BCUT2D eigenvalue weighted by Crippen LogP contribution is 2.43. The molecule has 1 aliphatic carbocycles. The lowest BCUT2D eigenvalue weighted by Crippen LogP contribution is -2.31. The molecule has 4 rings (SSSR count). The summed E-state index contributed by atoms with van der Waals surface area (Å²) in [6.45, 7) is 0. The van der Waals surface area contributed by atoms with E-state index in [1.54, 1.807) is 48.5 Å². The van der Waals surface area contributed by atoms with Crippen LogP contribution in [0.5, 0.6) is 11.5 Å². The average molecular weight is 346 g/mol. The smallest absolute Gasteiger partial charge is 0.237 e. The third kappa shape index (κ3) is 2.74. The Morgan fingerprint density at radius 2 is 1.54 bits per heavy atom. The molecule has 2 amide bonds. The van der Waals surface area contributed by atoms with E-state index in [0.29, 0.717) is 22.7 Å². The second kappa shape index (κ2) is 6.64. The molecule has 1 aliphatic heterocycles. The number of benzene rings is 2. The van der Waals surface area contributed by atoms with E-state index in [4.69, 9.17) is 10.00 Å². The minimum Gasteiger partial charge on any atom is -0.455 e. The number of para-hydroxylation sites is 2. The van der Waals surface area contributed by atoms with Crippen molar-refractivity contribution in [2.45, 2.75) is 25.7 Å². The van der Waals surface area contributed by atoms with Crippen molar-refractivity contribution >= 4 is 17.5 Å². The topological polar surface area (TPSA) is 70.4 Å². The van der Waals surface area contributed by atoms with Crippen LogP contribution >= 0.6 is 0 Å². The molecule has 2 atom stereocenters.